The fourth-order valence-electron chi connectivity index (χ4n) is 6.13. The Morgan fingerprint density at radius 3 is 2.28 bits per heavy atom. The van der Waals surface area contributed by atoms with Crippen LogP contribution in [0.2, 0.25) is 0 Å². The molecule has 3 amide bonds. The maximum Gasteiger partial charge on any atom is 0.335 e. The fourth-order valence-corrected chi connectivity index (χ4v) is 6.13. The van der Waals surface area contributed by atoms with E-state index in [1.807, 2.05) is 65.0 Å². The topological polar surface area (TPSA) is 147 Å². The van der Waals surface area contributed by atoms with Crippen LogP contribution >= 0.6 is 0 Å². The van der Waals surface area contributed by atoms with Crippen molar-refractivity contribution in [2.24, 2.45) is 28.5 Å². The van der Waals surface area contributed by atoms with Crippen LogP contribution in [0.5, 0.6) is 0 Å². The van der Waals surface area contributed by atoms with Gasteiger partial charge in [-0.1, -0.05) is 110 Å². The standard InChI is InChI=1S/C36H58N4O6/c1-7-16-31(39(32(41)21-25(4)5)34(42)30(37)23-28-19-14-11-15-20-28)35(43)40(45)29(22-27-17-12-10-13-18-27)24-38-33(26(6)8-2)36(44)46-9-3/h11,14-15,19-20,24-27,29-31,33,40H,7-10,12-13,16-18,21-23,37H2,1-6H3/t26?,29-,30-,31-,33-/m0/s1. The molecule has 1 aliphatic rings. The predicted octanol–water partition coefficient (Wildman–Crippen LogP) is 4.42. The zero-order chi connectivity index (χ0) is 34.2. The summed E-state index contributed by atoms with van der Waals surface area (Å²) in [4.78, 5) is 60.1. The van der Waals surface area contributed by atoms with Gasteiger partial charge in [0.15, 0.2) is 6.04 Å². The number of rotatable bonds is 18. The molecular formula is C36H58N4O6. The minimum absolute atomic E-state index is 0.0363. The summed E-state index contributed by atoms with van der Waals surface area (Å²) in [5, 5.41) is 13.5. The number of carbonyl (C=O) groups excluding carboxylic acids is 4. The third-order valence-corrected chi connectivity index (χ3v) is 8.91. The second-order valence-electron chi connectivity index (χ2n) is 13.3. The third-order valence-electron chi connectivity index (χ3n) is 8.91. The van der Waals surface area contributed by atoms with Gasteiger partial charge in [0.1, 0.15) is 12.1 Å². The number of hydrogen-bond donors (Lipinski definition) is 2. The van der Waals surface area contributed by atoms with E-state index in [1.165, 1.54) is 6.21 Å². The summed E-state index contributed by atoms with van der Waals surface area (Å²) >= 11 is 0. The van der Waals surface area contributed by atoms with Gasteiger partial charge < -0.3 is 20.7 Å². The molecule has 1 aliphatic carbocycles. The molecule has 0 radical (unpaired) electrons. The Bertz CT molecular complexity index is 1120. The third kappa shape index (κ3) is 12.0. The highest BCUT2D eigenvalue weighted by Crippen LogP contribution is 2.27. The Morgan fingerprint density at radius 1 is 1.07 bits per heavy atom. The molecule has 0 saturated heterocycles. The van der Waals surface area contributed by atoms with Gasteiger partial charge in [-0.3, -0.25) is 19.5 Å². The summed E-state index contributed by atoms with van der Waals surface area (Å²) in [6, 6.07) is 5.24. The Kier molecular flexibility index (Phi) is 17.3. The molecule has 0 bridgehead atoms. The van der Waals surface area contributed by atoms with Gasteiger partial charge in [-0.25, -0.2) is 9.59 Å². The number of esters is 1. The van der Waals surface area contributed by atoms with E-state index < -0.39 is 52.9 Å². The van der Waals surface area contributed by atoms with Crippen LogP contribution in [0.15, 0.2) is 35.3 Å². The van der Waals surface area contributed by atoms with Crippen LogP contribution in [0.4, 0.5) is 0 Å². The van der Waals surface area contributed by atoms with Crippen LogP contribution in [0, 0.1) is 23.0 Å². The highest BCUT2D eigenvalue weighted by Gasteiger charge is 2.41. The largest absolute Gasteiger partial charge is 0.626 e. The molecule has 0 aliphatic heterocycles. The highest BCUT2D eigenvalue weighted by molar-refractivity contribution is 6.01. The van der Waals surface area contributed by atoms with Crippen molar-refractivity contribution in [1.82, 2.24) is 4.90 Å². The summed E-state index contributed by atoms with van der Waals surface area (Å²) in [7, 11) is 0. The maximum absolute atomic E-state index is 14.2. The minimum Gasteiger partial charge on any atom is -0.626 e. The van der Waals surface area contributed by atoms with Gasteiger partial charge in [-0.15, -0.1) is 0 Å². The number of nitrogens with one attached hydrogen (secondary N) is 1. The van der Waals surface area contributed by atoms with Gasteiger partial charge in [-0.2, -0.15) is 0 Å². The van der Waals surface area contributed by atoms with Gasteiger partial charge in [-0.05, 0) is 43.1 Å². The molecule has 1 saturated carbocycles. The minimum atomic E-state index is -1.27. The molecule has 2 rings (SSSR count). The van der Waals surface area contributed by atoms with Crippen LogP contribution in [0.3, 0.4) is 0 Å². The number of nitrogens with two attached hydrogens (primary N) is 1. The Labute approximate surface area is 276 Å². The number of carbonyl (C=O) groups is 4. The molecule has 1 fully saturated rings. The molecule has 1 aromatic carbocycles. The van der Waals surface area contributed by atoms with Crippen LogP contribution in [-0.2, 0) is 30.3 Å². The lowest BCUT2D eigenvalue weighted by Crippen LogP contribution is -3.16. The Hall–Kier alpha value is -2.95. The number of hydroxylamine groups is 2. The molecule has 10 nitrogen and oxygen atoms in total. The number of amides is 3. The summed E-state index contributed by atoms with van der Waals surface area (Å²) in [5.74, 6) is -2.40. The number of quaternary nitrogens is 1. The monoisotopic (exact) mass is 642 g/mol. The number of benzene rings is 1. The fraction of sp³-hybridized carbons (Fsp3) is 0.694. The first kappa shape index (κ1) is 39.2. The van der Waals surface area contributed by atoms with Gasteiger partial charge in [0, 0.05) is 12.8 Å². The first-order valence-electron chi connectivity index (χ1n) is 17.4. The van der Waals surface area contributed by atoms with Crippen molar-refractivity contribution in [3.05, 3.63) is 41.1 Å². The average molecular weight is 643 g/mol. The van der Waals surface area contributed by atoms with E-state index in [9.17, 15) is 24.4 Å². The first-order valence-corrected chi connectivity index (χ1v) is 17.4. The molecule has 46 heavy (non-hydrogen) atoms. The quantitative estimate of drug-likeness (QED) is 0.137. The first-order chi connectivity index (χ1) is 21.9. The lowest BCUT2D eigenvalue weighted by atomic mass is 9.84. The number of nitrogens with zero attached hydrogens (tertiary/aromatic N) is 2. The van der Waals surface area contributed by atoms with E-state index >= 15 is 0 Å². The normalized spacial score (nSPS) is 18.0. The van der Waals surface area contributed by atoms with E-state index in [2.05, 4.69) is 4.99 Å². The van der Waals surface area contributed by atoms with Gasteiger partial charge >= 0.3 is 11.9 Å². The second kappa shape index (κ2) is 20.3. The van der Waals surface area contributed by atoms with Crippen molar-refractivity contribution >= 4 is 29.9 Å². The number of imide groups is 1. The molecule has 2 unspecified atom stereocenters. The van der Waals surface area contributed by atoms with Crippen LogP contribution < -0.4 is 10.8 Å². The molecule has 0 heterocycles. The number of hydrogen-bond acceptors (Lipinski definition) is 8. The lowest BCUT2D eigenvalue weighted by Gasteiger charge is -2.37. The zero-order valence-electron chi connectivity index (χ0n) is 28.9. The Balaban J connectivity index is 2.49. The SMILES string of the molecule is CCC[C@@H](C(=O)[NH+]([O-])[C@H](C=N[C@H](C(=O)OCC)C(C)CC)CC1CCCCC1)N(C(=O)CC(C)C)C(=O)[C@@H](N)Cc1ccccc1. The predicted molar refractivity (Wildman–Crippen MR) is 181 cm³/mol. The Morgan fingerprint density at radius 2 is 1.72 bits per heavy atom. The average Bonchev–Trinajstić information content (AvgIpc) is 3.03. The van der Waals surface area contributed by atoms with E-state index in [0.29, 0.717) is 19.3 Å². The summed E-state index contributed by atoms with van der Waals surface area (Å²) in [6.07, 6.45) is 8.54. The van der Waals surface area contributed by atoms with Crippen LogP contribution in [0.1, 0.15) is 111 Å². The number of ether oxygens (including phenoxy) is 1. The van der Waals surface area contributed by atoms with Crippen molar-refractivity contribution in [3.8, 4) is 0 Å². The zero-order valence-corrected chi connectivity index (χ0v) is 28.9. The maximum atomic E-state index is 14.2. The van der Waals surface area contributed by atoms with Crippen LogP contribution in [-0.4, -0.2) is 65.6 Å². The second-order valence-corrected chi connectivity index (χ2v) is 13.3. The van der Waals surface area contributed by atoms with Crippen molar-refractivity contribution < 1.29 is 29.0 Å². The summed E-state index contributed by atoms with van der Waals surface area (Å²) in [5.41, 5.74) is 7.21. The van der Waals surface area contributed by atoms with E-state index in [0.717, 1.165) is 42.6 Å². The molecule has 6 atom stereocenters. The highest BCUT2D eigenvalue weighted by atomic mass is 16.5. The van der Waals surface area contributed by atoms with E-state index in [4.69, 9.17) is 10.5 Å². The van der Waals surface area contributed by atoms with Crippen molar-refractivity contribution in [2.45, 2.75) is 136 Å². The van der Waals surface area contributed by atoms with E-state index in [1.54, 1.807) is 6.92 Å². The van der Waals surface area contributed by atoms with Crippen molar-refractivity contribution in [2.75, 3.05) is 6.61 Å². The molecule has 258 valence electrons. The molecular weight excluding hydrogens is 584 g/mol. The number of aliphatic imine (C=N–C) groups is 1. The summed E-state index contributed by atoms with van der Waals surface area (Å²) in [6.45, 7) is 11.4. The smallest absolute Gasteiger partial charge is 0.335 e. The van der Waals surface area contributed by atoms with Crippen LogP contribution in [0.25, 0.3) is 0 Å². The van der Waals surface area contributed by atoms with Gasteiger partial charge in [0.05, 0.1) is 18.9 Å². The molecule has 0 aromatic heterocycles. The lowest BCUT2D eigenvalue weighted by molar-refractivity contribution is -0.783. The summed E-state index contributed by atoms with van der Waals surface area (Å²) < 4.78 is 5.27. The van der Waals surface area contributed by atoms with Gasteiger partial charge in [0.2, 0.25) is 11.8 Å². The van der Waals surface area contributed by atoms with Gasteiger partial charge in [0.25, 0.3) is 0 Å². The van der Waals surface area contributed by atoms with Crippen molar-refractivity contribution in [3.63, 3.8) is 0 Å². The molecule has 0 spiro atoms. The molecule has 1 aromatic rings. The molecule has 10 heteroatoms. The molecule has 3 N–H and O–H groups in total. The van der Waals surface area contributed by atoms with Crippen molar-refractivity contribution in [1.29, 1.82) is 0 Å². The van der Waals surface area contributed by atoms with E-state index in [-0.39, 0.29) is 43.6 Å².